The average Bonchev–Trinajstić information content (AvgIpc) is 2.48. The molecule has 1 aromatic rings. The fraction of sp³-hybridized carbons (Fsp3) is 0.529. The number of ether oxygens (including phenoxy) is 1. The van der Waals surface area contributed by atoms with Crippen LogP contribution < -0.4 is 4.72 Å². The highest BCUT2D eigenvalue weighted by Crippen LogP contribution is 2.18. The molecule has 8 heteroatoms. The topological polar surface area (TPSA) is 89.5 Å². The molecule has 0 saturated carbocycles. The van der Waals surface area contributed by atoms with Crippen LogP contribution in [0, 0.1) is 11.3 Å². The molecule has 0 fully saturated rings. The number of hydrogen-bond donors (Lipinski definition) is 1. The quantitative estimate of drug-likeness (QED) is 0.724. The van der Waals surface area contributed by atoms with Crippen molar-refractivity contribution >= 4 is 33.4 Å². The molecule has 0 aromatic heterocycles. The monoisotopic (exact) mass is 389 g/mol. The van der Waals surface area contributed by atoms with Gasteiger partial charge in [0.05, 0.1) is 4.90 Å². The van der Waals surface area contributed by atoms with Crippen molar-refractivity contribution in [3.05, 3.63) is 29.3 Å². The van der Waals surface area contributed by atoms with Crippen LogP contribution in [0.5, 0.6) is 0 Å². The zero-order chi connectivity index (χ0) is 19.4. The summed E-state index contributed by atoms with van der Waals surface area (Å²) in [5, 5.41) is 0.266. The Morgan fingerprint density at radius 1 is 1.24 bits per heavy atom. The summed E-state index contributed by atoms with van der Waals surface area (Å²) in [7, 11) is -3.96. The van der Waals surface area contributed by atoms with Crippen LogP contribution in [-0.2, 0) is 24.3 Å². The Morgan fingerprint density at radius 3 is 2.32 bits per heavy atom. The maximum absolute atomic E-state index is 12.5. The fourth-order valence-electron chi connectivity index (χ4n) is 1.77. The minimum atomic E-state index is -3.96. The average molecular weight is 390 g/mol. The first kappa shape index (κ1) is 21.6. The van der Waals surface area contributed by atoms with Crippen molar-refractivity contribution in [1.82, 2.24) is 4.72 Å². The van der Waals surface area contributed by atoms with Gasteiger partial charge in [-0.15, -0.1) is 0 Å². The lowest BCUT2D eigenvalue weighted by Gasteiger charge is -2.22. The Kier molecular flexibility index (Phi) is 7.17. The van der Waals surface area contributed by atoms with Gasteiger partial charge in [-0.05, 0) is 24.1 Å². The lowest BCUT2D eigenvalue weighted by Crippen LogP contribution is -2.46. The van der Waals surface area contributed by atoms with Gasteiger partial charge in [0, 0.05) is 10.4 Å². The smallest absolute Gasteiger partial charge is 0.324 e. The maximum Gasteiger partial charge on any atom is 0.324 e. The SMILES string of the molecule is CC(C)[C@H](NS(=O)(=O)c1cccc(Cl)c1)C(=O)OCC(=O)C(C)(C)C. The first-order valence-electron chi connectivity index (χ1n) is 7.82. The third kappa shape index (κ3) is 6.41. The van der Waals surface area contributed by atoms with Gasteiger partial charge >= 0.3 is 5.97 Å². The molecule has 6 nitrogen and oxygen atoms in total. The molecule has 0 amide bonds. The summed E-state index contributed by atoms with van der Waals surface area (Å²) in [5.74, 6) is -1.41. The number of ketones is 1. The Morgan fingerprint density at radius 2 is 1.84 bits per heavy atom. The van der Waals surface area contributed by atoms with E-state index in [-0.39, 0.29) is 21.6 Å². The molecule has 1 rings (SSSR count). The highest BCUT2D eigenvalue weighted by Gasteiger charge is 2.31. The van der Waals surface area contributed by atoms with Crippen LogP contribution >= 0.6 is 11.6 Å². The van der Waals surface area contributed by atoms with Crippen LogP contribution in [0.4, 0.5) is 0 Å². The molecule has 1 atom stereocenters. The number of esters is 1. The highest BCUT2D eigenvalue weighted by atomic mass is 35.5. The van der Waals surface area contributed by atoms with Gasteiger partial charge in [-0.1, -0.05) is 52.3 Å². The van der Waals surface area contributed by atoms with Crippen molar-refractivity contribution in [3.8, 4) is 0 Å². The minimum Gasteiger partial charge on any atom is -0.456 e. The molecule has 0 spiro atoms. The molecule has 140 valence electrons. The van der Waals surface area contributed by atoms with Crippen LogP contribution in [0.3, 0.4) is 0 Å². The summed E-state index contributed by atoms with van der Waals surface area (Å²) in [6.07, 6.45) is 0. The number of nitrogens with one attached hydrogen (secondary N) is 1. The van der Waals surface area contributed by atoms with Gasteiger partial charge in [-0.3, -0.25) is 9.59 Å². The van der Waals surface area contributed by atoms with Gasteiger partial charge in [0.25, 0.3) is 0 Å². The summed E-state index contributed by atoms with van der Waals surface area (Å²) < 4.78 is 32.3. The van der Waals surface area contributed by atoms with E-state index in [0.717, 1.165) is 0 Å². The molecule has 0 radical (unpaired) electrons. The van der Waals surface area contributed by atoms with Crippen molar-refractivity contribution in [3.63, 3.8) is 0 Å². The molecule has 25 heavy (non-hydrogen) atoms. The third-order valence-electron chi connectivity index (χ3n) is 3.49. The Hall–Kier alpha value is -1.44. The summed E-state index contributed by atoms with van der Waals surface area (Å²) in [4.78, 5) is 24.1. The van der Waals surface area contributed by atoms with E-state index in [9.17, 15) is 18.0 Å². The normalized spacial score (nSPS) is 13.6. The van der Waals surface area contributed by atoms with E-state index in [0.29, 0.717) is 0 Å². The second kappa shape index (κ2) is 8.29. The van der Waals surface area contributed by atoms with Crippen LogP contribution in [0.25, 0.3) is 0 Å². The lowest BCUT2D eigenvalue weighted by atomic mass is 9.91. The number of benzene rings is 1. The molecular formula is C17H24ClNO5S. The van der Waals surface area contributed by atoms with Gasteiger partial charge in [0.15, 0.2) is 12.4 Å². The zero-order valence-corrected chi connectivity index (χ0v) is 16.6. The molecule has 0 aliphatic carbocycles. The second-order valence-electron chi connectivity index (χ2n) is 7.08. The van der Waals surface area contributed by atoms with E-state index in [1.54, 1.807) is 40.7 Å². The van der Waals surface area contributed by atoms with Crippen molar-refractivity contribution in [2.24, 2.45) is 11.3 Å². The van der Waals surface area contributed by atoms with E-state index < -0.39 is 34.1 Å². The predicted molar refractivity (Wildman–Crippen MR) is 95.8 cm³/mol. The summed E-state index contributed by atoms with van der Waals surface area (Å²) in [6.45, 7) is 8.10. The van der Waals surface area contributed by atoms with E-state index in [1.807, 2.05) is 0 Å². The first-order valence-corrected chi connectivity index (χ1v) is 9.68. The van der Waals surface area contributed by atoms with E-state index in [4.69, 9.17) is 16.3 Å². The van der Waals surface area contributed by atoms with E-state index in [1.165, 1.54) is 18.2 Å². The highest BCUT2D eigenvalue weighted by molar-refractivity contribution is 7.89. The van der Waals surface area contributed by atoms with Crippen LogP contribution in [0.1, 0.15) is 34.6 Å². The number of hydrogen-bond acceptors (Lipinski definition) is 5. The Labute approximate surface area is 153 Å². The number of carbonyl (C=O) groups excluding carboxylic acids is 2. The fourth-order valence-corrected chi connectivity index (χ4v) is 3.40. The molecule has 0 aliphatic rings. The third-order valence-corrected chi connectivity index (χ3v) is 5.17. The molecule has 0 heterocycles. The van der Waals surface area contributed by atoms with Crippen LogP contribution in [-0.4, -0.2) is 32.8 Å². The van der Waals surface area contributed by atoms with Crippen molar-refractivity contribution in [2.45, 2.75) is 45.6 Å². The van der Waals surface area contributed by atoms with Gasteiger partial charge < -0.3 is 4.74 Å². The van der Waals surface area contributed by atoms with Gasteiger partial charge in [-0.25, -0.2) is 8.42 Å². The van der Waals surface area contributed by atoms with E-state index >= 15 is 0 Å². The van der Waals surface area contributed by atoms with E-state index in [2.05, 4.69) is 4.72 Å². The number of rotatable bonds is 7. The molecule has 1 aromatic carbocycles. The number of sulfonamides is 1. The van der Waals surface area contributed by atoms with Crippen molar-refractivity contribution < 1.29 is 22.7 Å². The van der Waals surface area contributed by atoms with Crippen molar-refractivity contribution in [2.75, 3.05) is 6.61 Å². The summed E-state index contributed by atoms with van der Waals surface area (Å²) in [6, 6.07) is 4.60. The standard InChI is InChI=1S/C17H24ClNO5S/c1-11(2)15(16(21)24-10-14(20)17(3,4)5)19-25(22,23)13-8-6-7-12(18)9-13/h6-9,11,15,19H,10H2,1-5H3/t15-/m0/s1. The maximum atomic E-state index is 12.5. The molecule has 1 N–H and O–H groups in total. The van der Waals surface area contributed by atoms with Gasteiger partial charge in [0.1, 0.15) is 6.04 Å². The van der Waals surface area contributed by atoms with Crippen molar-refractivity contribution in [1.29, 1.82) is 0 Å². The summed E-state index contributed by atoms with van der Waals surface area (Å²) >= 11 is 5.82. The van der Waals surface area contributed by atoms with Crippen LogP contribution in [0.2, 0.25) is 5.02 Å². The Balaban J connectivity index is 2.90. The van der Waals surface area contributed by atoms with Gasteiger partial charge in [-0.2, -0.15) is 4.72 Å². The number of carbonyl (C=O) groups is 2. The molecule has 0 aliphatic heterocycles. The Bertz CT molecular complexity index is 738. The predicted octanol–water partition coefficient (Wildman–Crippen LogP) is 2.80. The lowest BCUT2D eigenvalue weighted by molar-refractivity contribution is -0.152. The largest absolute Gasteiger partial charge is 0.456 e. The number of Topliss-reactive ketones (excluding diaryl/α,β-unsaturated/α-hetero) is 1. The molecule has 0 bridgehead atoms. The molecule has 0 saturated heterocycles. The minimum absolute atomic E-state index is 0.0517. The summed E-state index contributed by atoms with van der Waals surface area (Å²) in [5.41, 5.74) is -0.645. The second-order valence-corrected chi connectivity index (χ2v) is 9.23. The van der Waals surface area contributed by atoms with Crippen LogP contribution in [0.15, 0.2) is 29.2 Å². The zero-order valence-electron chi connectivity index (χ0n) is 15.0. The first-order chi connectivity index (χ1) is 11.3. The molecule has 0 unspecified atom stereocenters. The molecular weight excluding hydrogens is 366 g/mol. The van der Waals surface area contributed by atoms with Gasteiger partial charge in [0.2, 0.25) is 10.0 Å². The number of halogens is 1.